The van der Waals surface area contributed by atoms with Gasteiger partial charge in [0, 0.05) is 5.33 Å². The van der Waals surface area contributed by atoms with Crippen LogP contribution in [0.2, 0.25) is 0 Å². The van der Waals surface area contributed by atoms with Crippen molar-refractivity contribution < 1.29 is 41.0 Å². The fourth-order valence-corrected chi connectivity index (χ4v) is 4.00. The molecule has 1 saturated heterocycles. The topological polar surface area (TPSA) is 93.1 Å². The maximum Gasteiger partial charge on any atom is 0.637 e. The first-order valence-corrected chi connectivity index (χ1v) is 10.00. The molecule has 1 fully saturated rings. The standard InChI is InChI=1S/C14H17BBrF3O6S/c1-12(2)13(3,25-15(21)24-12)11(20)10-5-4-9(6-8(10)7-16)26(22,23)14(17,18)19/h4-6,11,20-21H,7H2,1-3H3. The third-order valence-electron chi connectivity index (χ3n) is 4.63. The fraction of sp³-hybridized carbons (Fsp3) is 0.571. The van der Waals surface area contributed by atoms with Crippen LogP contribution in [0.3, 0.4) is 0 Å². The van der Waals surface area contributed by atoms with Crippen LogP contribution in [0.15, 0.2) is 23.1 Å². The van der Waals surface area contributed by atoms with Crippen molar-refractivity contribution in [1.29, 1.82) is 0 Å². The first-order valence-electron chi connectivity index (χ1n) is 7.39. The van der Waals surface area contributed by atoms with Gasteiger partial charge in [-0.3, -0.25) is 0 Å². The SMILES string of the molecule is CC1(C)OB(O)OC1(C)C(O)c1ccc(S(=O)(=O)C(F)(F)F)cc1CBr. The summed E-state index contributed by atoms with van der Waals surface area (Å²) < 4.78 is 72.0. The molecule has 0 bridgehead atoms. The number of hydrogen-bond acceptors (Lipinski definition) is 6. The second-order valence-corrected chi connectivity index (χ2v) is 9.01. The minimum atomic E-state index is -5.52. The molecule has 6 nitrogen and oxygen atoms in total. The highest BCUT2D eigenvalue weighted by molar-refractivity contribution is 9.08. The Morgan fingerprint density at radius 2 is 1.85 bits per heavy atom. The third-order valence-corrected chi connectivity index (χ3v) is 6.71. The molecular weight excluding hydrogens is 444 g/mol. The van der Waals surface area contributed by atoms with Gasteiger partial charge in [0.25, 0.3) is 9.84 Å². The van der Waals surface area contributed by atoms with Crippen molar-refractivity contribution in [3.8, 4) is 0 Å². The molecule has 1 aromatic carbocycles. The van der Waals surface area contributed by atoms with Crippen molar-refractivity contribution >= 4 is 33.1 Å². The van der Waals surface area contributed by atoms with Crippen LogP contribution < -0.4 is 0 Å². The lowest BCUT2D eigenvalue weighted by molar-refractivity contribution is -0.100. The van der Waals surface area contributed by atoms with E-state index in [-0.39, 0.29) is 16.5 Å². The van der Waals surface area contributed by atoms with E-state index < -0.39 is 44.9 Å². The Hall–Kier alpha value is -0.655. The van der Waals surface area contributed by atoms with E-state index in [2.05, 4.69) is 15.9 Å². The Morgan fingerprint density at radius 1 is 1.27 bits per heavy atom. The van der Waals surface area contributed by atoms with E-state index in [1.165, 1.54) is 6.92 Å². The lowest BCUT2D eigenvalue weighted by Gasteiger charge is -2.40. The zero-order valence-electron chi connectivity index (χ0n) is 14.0. The van der Waals surface area contributed by atoms with Crippen molar-refractivity contribution in [1.82, 2.24) is 0 Å². The summed E-state index contributed by atoms with van der Waals surface area (Å²) >= 11 is 3.09. The van der Waals surface area contributed by atoms with Crippen LogP contribution >= 0.6 is 15.9 Å². The lowest BCUT2D eigenvalue weighted by Crippen LogP contribution is -2.49. The zero-order valence-corrected chi connectivity index (χ0v) is 16.4. The predicted octanol–water partition coefficient (Wildman–Crippen LogP) is 2.47. The number of sulfone groups is 1. The normalized spacial score (nSPS) is 24.7. The molecule has 0 aromatic heterocycles. The summed E-state index contributed by atoms with van der Waals surface area (Å²) in [6, 6.07) is 2.71. The molecule has 1 heterocycles. The van der Waals surface area contributed by atoms with Crippen molar-refractivity contribution in [3.05, 3.63) is 29.3 Å². The van der Waals surface area contributed by atoms with Gasteiger partial charge >= 0.3 is 12.8 Å². The minimum absolute atomic E-state index is 0.0134. The number of alkyl halides is 4. The van der Waals surface area contributed by atoms with Crippen LogP contribution in [0.4, 0.5) is 13.2 Å². The van der Waals surface area contributed by atoms with Crippen molar-refractivity contribution in [2.24, 2.45) is 0 Å². The van der Waals surface area contributed by atoms with E-state index in [1.807, 2.05) is 0 Å². The number of rotatable bonds is 4. The molecule has 2 atom stereocenters. The smallest absolute Gasteiger partial charge is 0.402 e. The van der Waals surface area contributed by atoms with Gasteiger partial charge in [-0.05, 0) is 44.0 Å². The van der Waals surface area contributed by atoms with E-state index in [1.54, 1.807) is 13.8 Å². The average Bonchev–Trinajstić information content (AvgIpc) is 2.72. The maximum atomic E-state index is 12.8. The third kappa shape index (κ3) is 3.42. The van der Waals surface area contributed by atoms with E-state index in [0.29, 0.717) is 0 Å². The average molecular weight is 461 g/mol. The monoisotopic (exact) mass is 460 g/mol. The van der Waals surface area contributed by atoms with Gasteiger partial charge in [0.05, 0.1) is 10.5 Å². The number of hydrogen-bond donors (Lipinski definition) is 2. The molecule has 12 heteroatoms. The molecule has 0 spiro atoms. The molecule has 0 radical (unpaired) electrons. The maximum absolute atomic E-state index is 12.8. The summed E-state index contributed by atoms with van der Waals surface area (Å²) in [5, 5.41) is 20.4. The summed E-state index contributed by atoms with van der Waals surface area (Å²) in [5.41, 5.74) is -7.72. The Balaban J connectivity index is 2.52. The molecular formula is C14H17BBrF3O6S. The first kappa shape index (κ1) is 21.6. The highest BCUT2D eigenvalue weighted by Crippen LogP contribution is 2.46. The fourth-order valence-electron chi connectivity index (χ4n) is 2.70. The van der Waals surface area contributed by atoms with Crippen molar-refractivity contribution in [2.45, 2.75) is 53.8 Å². The molecule has 2 rings (SSSR count). The predicted molar refractivity (Wildman–Crippen MR) is 89.9 cm³/mol. The van der Waals surface area contributed by atoms with Gasteiger partial charge in [-0.25, -0.2) is 8.42 Å². The van der Waals surface area contributed by atoms with Crippen molar-refractivity contribution in [3.63, 3.8) is 0 Å². The van der Waals surface area contributed by atoms with Gasteiger partial charge in [-0.15, -0.1) is 0 Å². The van der Waals surface area contributed by atoms with Crippen LogP contribution in [-0.4, -0.2) is 42.6 Å². The second-order valence-electron chi connectivity index (χ2n) is 6.51. The number of halogens is 4. The Bertz CT molecular complexity index is 800. The number of aliphatic hydroxyl groups excluding tert-OH is 1. The molecule has 0 amide bonds. The molecule has 1 aliphatic heterocycles. The van der Waals surface area contributed by atoms with Crippen LogP contribution in [-0.2, 0) is 24.5 Å². The van der Waals surface area contributed by atoms with Crippen LogP contribution in [0.5, 0.6) is 0 Å². The van der Waals surface area contributed by atoms with Crippen molar-refractivity contribution in [2.75, 3.05) is 0 Å². The number of benzene rings is 1. The molecule has 0 saturated carbocycles. The van der Waals surface area contributed by atoms with E-state index in [9.17, 15) is 31.7 Å². The largest absolute Gasteiger partial charge is 0.637 e. The van der Waals surface area contributed by atoms with Gasteiger partial charge in [0.15, 0.2) is 0 Å². The highest BCUT2D eigenvalue weighted by Gasteiger charge is 2.59. The van der Waals surface area contributed by atoms with Gasteiger partial charge in [0.1, 0.15) is 11.7 Å². The lowest BCUT2D eigenvalue weighted by atomic mass is 9.79. The van der Waals surface area contributed by atoms with Gasteiger partial charge < -0.3 is 19.4 Å². The van der Waals surface area contributed by atoms with E-state index in [0.717, 1.165) is 18.2 Å². The molecule has 1 aromatic rings. The van der Waals surface area contributed by atoms with Gasteiger partial charge in [-0.2, -0.15) is 13.2 Å². The highest BCUT2D eigenvalue weighted by atomic mass is 79.9. The summed E-state index contributed by atoms with van der Waals surface area (Å²) in [5.74, 6) is 0. The van der Waals surface area contributed by atoms with Crippen LogP contribution in [0.1, 0.15) is 38.0 Å². The van der Waals surface area contributed by atoms with Gasteiger partial charge in [-0.1, -0.05) is 22.0 Å². The van der Waals surface area contributed by atoms with E-state index in [4.69, 9.17) is 9.31 Å². The molecule has 0 aliphatic carbocycles. The summed E-state index contributed by atoms with van der Waals surface area (Å²) in [4.78, 5) is -0.927. The van der Waals surface area contributed by atoms with Crippen LogP contribution in [0.25, 0.3) is 0 Å². The van der Waals surface area contributed by atoms with Gasteiger partial charge in [0.2, 0.25) is 0 Å². The zero-order chi connectivity index (χ0) is 20.1. The Labute approximate surface area is 157 Å². The summed E-state index contributed by atoms with van der Waals surface area (Å²) in [6.07, 6.45) is -1.41. The first-order chi connectivity index (χ1) is 11.7. The number of aliphatic hydroxyl groups is 1. The minimum Gasteiger partial charge on any atom is -0.402 e. The Morgan fingerprint density at radius 3 is 2.27 bits per heavy atom. The summed E-state index contributed by atoms with van der Waals surface area (Å²) in [6.45, 7) is 4.62. The quantitative estimate of drug-likeness (QED) is 0.529. The second kappa shape index (κ2) is 6.75. The molecule has 146 valence electrons. The molecule has 1 aliphatic rings. The Kier molecular flexibility index (Phi) is 5.62. The van der Waals surface area contributed by atoms with Crippen LogP contribution in [0, 0.1) is 0 Å². The summed E-state index contributed by atoms with van der Waals surface area (Å²) in [7, 11) is -7.10. The van der Waals surface area contributed by atoms with E-state index >= 15 is 0 Å². The molecule has 26 heavy (non-hydrogen) atoms. The molecule has 2 unspecified atom stereocenters. The molecule has 2 N–H and O–H groups in total.